The largest absolute Gasteiger partial charge is 0.342 e. The zero-order valence-corrected chi connectivity index (χ0v) is 18.8. The monoisotopic (exact) mass is 412 g/mol. The number of nitrogens with zero attached hydrogens (tertiary/aromatic N) is 4. The number of likely N-dealkylation sites (tertiary alicyclic amines) is 1. The van der Waals surface area contributed by atoms with Crippen molar-refractivity contribution in [1.29, 1.82) is 0 Å². The standard InChI is InChI=1S/C23H32N4OS/c1-6-13-27-21(18-9-11-19(12-10-18)23(3,4)5)24-25-22(27)29-16-20(28)26-14-7-8-17(2)15-26/h6,9-12,17H,1,7-8,13-16H2,2-5H3. The molecule has 0 bridgehead atoms. The van der Waals surface area contributed by atoms with Crippen LogP contribution in [0.4, 0.5) is 0 Å². The highest BCUT2D eigenvalue weighted by Crippen LogP contribution is 2.28. The second kappa shape index (κ2) is 9.16. The summed E-state index contributed by atoms with van der Waals surface area (Å²) in [5.41, 5.74) is 2.42. The second-order valence-corrected chi connectivity index (χ2v) is 9.85. The fourth-order valence-corrected chi connectivity index (χ4v) is 4.51. The Labute approximate surface area is 178 Å². The van der Waals surface area contributed by atoms with Crippen LogP contribution >= 0.6 is 11.8 Å². The van der Waals surface area contributed by atoms with E-state index >= 15 is 0 Å². The summed E-state index contributed by atoms with van der Waals surface area (Å²) < 4.78 is 2.04. The number of rotatable bonds is 6. The molecule has 2 heterocycles. The van der Waals surface area contributed by atoms with Gasteiger partial charge >= 0.3 is 0 Å². The molecular weight excluding hydrogens is 380 g/mol. The molecule has 1 aliphatic rings. The molecule has 3 rings (SSSR count). The minimum atomic E-state index is 0.112. The third-order valence-corrected chi connectivity index (χ3v) is 6.32. The van der Waals surface area contributed by atoms with Gasteiger partial charge in [0.2, 0.25) is 5.91 Å². The van der Waals surface area contributed by atoms with Crippen LogP contribution in [0, 0.1) is 5.92 Å². The van der Waals surface area contributed by atoms with Crippen LogP contribution in [0.1, 0.15) is 46.1 Å². The molecule has 6 heteroatoms. The number of piperidine rings is 1. The number of hydrogen-bond acceptors (Lipinski definition) is 4. The molecule has 0 spiro atoms. The van der Waals surface area contributed by atoms with Crippen LogP contribution in [-0.4, -0.2) is 44.4 Å². The molecule has 0 radical (unpaired) electrons. The van der Waals surface area contributed by atoms with Crippen molar-refractivity contribution < 1.29 is 4.79 Å². The Balaban J connectivity index is 1.74. The van der Waals surface area contributed by atoms with Crippen molar-refractivity contribution in [3.05, 3.63) is 42.5 Å². The summed E-state index contributed by atoms with van der Waals surface area (Å²) in [5, 5.41) is 9.55. The number of benzene rings is 1. The van der Waals surface area contributed by atoms with Crippen LogP contribution in [0.25, 0.3) is 11.4 Å². The van der Waals surface area contributed by atoms with Gasteiger partial charge in [-0.3, -0.25) is 9.36 Å². The van der Waals surface area contributed by atoms with Crippen LogP contribution in [-0.2, 0) is 16.8 Å². The molecule has 1 aromatic carbocycles. The van der Waals surface area contributed by atoms with Crippen molar-refractivity contribution in [3.8, 4) is 11.4 Å². The van der Waals surface area contributed by atoms with E-state index in [1.165, 1.54) is 23.7 Å². The van der Waals surface area contributed by atoms with Gasteiger partial charge in [-0.05, 0) is 29.7 Å². The molecule has 1 aliphatic heterocycles. The molecular formula is C23H32N4OS. The zero-order valence-electron chi connectivity index (χ0n) is 18.0. The van der Waals surface area contributed by atoms with Gasteiger partial charge in [-0.25, -0.2) is 0 Å². The van der Waals surface area contributed by atoms with E-state index in [2.05, 4.69) is 68.7 Å². The molecule has 156 valence electrons. The minimum Gasteiger partial charge on any atom is -0.342 e. The highest BCUT2D eigenvalue weighted by atomic mass is 32.2. The lowest BCUT2D eigenvalue weighted by molar-refractivity contribution is -0.130. The summed E-state index contributed by atoms with van der Waals surface area (Å²) in [6, 6.07) is 8.49. The number of carbonyl (C=O) groups excluding carboxylic acids is 1. The van der Waals surface area contributed by atoms with Crippen molar-refractivity contribution >= 4 is 17.7 Å². The van der Waals surface area contributed by atoms with Crippen LogP contribution in [0.5, 0.6) is 0 Å². The van der Waals surface area contributed by atoms with E-state index in [1.54, 1.807) is 0 Å². The molecule has 1 aromatic heterocycles. The summed E-state index contributed by atoms with van der Waals surface area (Å²) in [6.45, 7) is 15.0. The number of carbonyl (C=O) groups is 1. The average Bonchev–Trinajstić information content (AvgIpc) is 3.08. The highest BCUT2D eigenvalue weighted by Gasteiger charge is 2.22. The van der Waals surface area contributed by atoms with E-state index < -0.39 is 0 Å². The third kappa shape index (κ3) is 5.30. The van der Waals surface area contributed by atoms with Gasteiger partial charge in [0.15, 0.2) is 11.0 Å². The Morgan fingerprint density at radius 1 is 1.28 bits per heavy atom. The Morgan fingerprint density at radius 3 is 2.62 bits per heavy atom. The van der Waals surface area contributed by atoms with E-state index in [0.717, 1.165) is 36.1 Å². The van der Waals surface area contributed by atoms with Crippen LogP contribution in [0.2, 0.25) is 0 Å². The molecule has 1 fully saturated rings. The quantitative estimate of drug-likeness (QED) is 0.506. The van der Waals surface area contributed by atoms with E-state index in [-0.39, 0.29) is 11.3 Å². The first-order chi connectivity index (χ1) is 13.8. The van der Waals surface area contributed by atoms with Crippen molar-refractivity contribution in [2.45, 2.75) is 57.7 Å². The topological polar surface area (TPSA) is 51.0 Å². The van der Waals surface area contributed by atoms with E-state index in [1.807, 2.05) is 15.5 Å². The maximum Gasteiger partial charge on any atom is 0.233 e. The molecule has 5 nitrogen and oxygen atoms in total. The van der Waals surface area contributed by atoms with Crippen molar-refractivity contribution in [3.63, 3.8) is 0 Å². The predicted molar refractivity (Wildman–Crippen MR) is 120 cm³/mol. The molecule has 0 aliphatic carbocycles. The van der Waals surface area contributed by atoms with Gasteiger partial charge in [0.1, 0.15) is 0 Å². The van der Waals surface area contributed by atoms with Gasteiger partial charge in [-0.15, -0.1) is 16.8 Å². The summed E-state index contributed by atoms with van der Waals surface area (Å²) in [5.74, 6) is 1.98. The first kappa shape index (κ1) is 21.6. The van der Waals surface area contributed by atoms with Crippen LogP contribution < -0.4 is 0 Å². The first-order valence-electron chi connectivity index (χ1n) is 10.3. The molecule has 0 N–H and O–H groups in total. The first-order valence-corrected chi connectivity index (χ1v) is 11.3. The maximum atomic E-state index is 12.6. The predicted octanol–water partition coefficient (Wildman–Crippen LogP) is 4.78. The van der Waals surface area contributed by atoms with Gasteiger partial charge in [-0.2, -0.15) is 0 Å². The molecule has 2 aromatic rings. The highest BCUT2D eigenvalue weighted by molar-refractivity contribution is 7.99. The number of thioether (sulfide) groups is 1. The normalized spacial score (nSPS) is 17.4. The summed E-state index contributed by atoms with van der Waals surface area (Å²) in [7, 11) is 0. The van der Waals surface area contributed by atoms with Crippen LogP contribution in [0.15, 0.2) is 42.1 Å². The number of allylic oxidation sites excluding steroid dienone is 1. The average molecular weight is 413 g/mol. The smallest absolute Gasteiger partial charge is 0.233 e. The Hall–Kier alpha value is -2.08. The molecule has 1 saturated heterocycles. The number of hydrogen-bond donors (Lipinski definition) is 0. The summed E-state index contributed by atoms with van der Waals surface area (Å²) in [6.07, 6.45) is 4.15. The summed E-state index contributed by atoms with van der Waals surface area (Å²) >= 11 is 1.46. The van der Waals surface area contributed by atoms with Gasteiger partial charge < -0.3 is 4.90 Å². The molecule has 1 unspecified atom stereocenters. The lowest BCUT2D eigenvalue weighted by atomic mass is 9.87. The van der Waals surface area contributed by atoms with Crippen molar-refractivity contribution in [1.82, 2.24) is 19.7 Å². The molecule has 0 saturated carbocycles. The summed E-state index contributed by atoms with van der Waals surface area (Å²) in [4.78, 5) is 14.6. The van der Waals surface area contributed by atoms with Gasteiger partial charge in [0, 0.05) is 25.2 Å². The molecule has 1 amide bonds. The SMILES string of the molecule is C=CCn1c(SCC(=O)N2CCCC(C)C2)nnc1-c1ccc(C(C)(C)C)cc1. The zero-order chi connectivity index (χ0) is 21.0. The lowest BCUT2D eigenvalue weighted by Crippen LogP contribution is -2.40. The number of aromatic nitrogens is 3. The Morgan fingerprint density at radius 2 is 2.00 bits per heavy atom. The fraction of sp³-hybridized carbons (Fsp3) is 0.522. The van der Waals surface area contributed by atoms with Gasteiger partial charge in [0.25, 0.3) is 0 Å². The number of amides is 1. The van der Waals surface area contributed by atoms with Gasteiger partial charge in [0.05, 0.1) is 5.75 Å². The third-order valence-electron chi connectivity index (χ3n) is 5.37. The fourth-order valence-electron chi connectivity index (χ4n) is 3.66. The van der Waals surface area contributed by atoms with Gasteiger partial charge in [-0.1, -0.05) is 69.8 Å². The van der Waals surface area contributed by atoms with E-state index in [0.29, 0.717) is 18.2 Å². The van der Waals surface area contributed by atoms with Crippen molar-refractivity contribution in [2.24, 2.45) is 5.92 Å². The molecule has 1 atom stereocenters. The Kier molecular flexibility index (Phi) is 6.83. The lowest BCUT2D eigenvalue weighted by Gasteiger charge is -2.30. The maximum absolute atomic E-state index is 12.6. The Bertz CT molecular complexity index is 851. The second-order valence-electron chi connectivity index (χ2n) is 8.91. The molecule has 29 heavy (non-hydrogen) atoms. The van der Waals surface area contributed by atoms with E-state index in [9.17, 15) is 4.79 Å². The van der Waals surface area contributed by atoms with Crippen molar-refractivity contribution in [2.75, 3.05) is 18.8 Å². The van der Waals surface area contributed by atoms with Crippen LogP contribution in [0.3, 0.4) is 0 Å². The minimum absolute atomic E-state index is 0.112. The van der Waals surface area contributed by atoms with E-state index in [4.69, 9.17) is 0 Å².